The van der Waals surface area contributed by atoms with E-state index >= 15 is 0 Å². The normalized spacial score (nSPS) is 26.4. The van der Waals surface area contributed by atoms with Crippen LogP contribution in [0.1, 0.15) is 46.0 Å². The smallest absolute Gasteiger partial charge is 0.221 e. The number of rotatable bonds is 6. The van der Waals surface area contributed by atoms with E-state index in [-0.39, 0.29) is 11.8 Å². The molecule has 2 unspecified atom stereocenters. The van der Waals surface area contributed by atoms with Gasteiger partial charge >= 0.3 is 0 Å². The molecule has 0 spiro atoms. The maximum Gasteiger partial charge on any atom is 0.221 e. The van der Waals surface area contributed by atoms with Gasteiger partial charge in [0, 0.05) is 32.7 Å². The molecule has 2 saturated heterocycles. The lowest BCUT2D eigenvalue weighted by Gasteiger charge is -2.33. The van der Waals surface area contributed by atoms with Gasteiger partial charge in [0.15, 0.2) is 5.96 Å². The van der Waals surface area contributed by atoms with Crippen molar-refractivity contribution in [3.8, 4) is 0 Å². The van der Waals surface area contributed by atoms with Crippen molar-refractivity contribution in [3.63, 3.8) is 0 Å². The SMILES string of the molecule is CCNC(=NCCCN1CCCC(C(N)=O)C1)N1CCCC(C)C1. The third kappa shape index (κ3) is 5.96. The van der Waals surface area contributed by atoms with Gasteiger partial charge in [0.1, 0.15) is 0 Å². The van der Waals surface area contributed by atoms with Crippen LogP contribution in [0.15, 0.2) is 4.99 Å². The molecule has 2 aliphatic heterocycles. The van der Waals surface area contributed by atoms with E-state index < -0.39 is 0 Å². The van der Waals surface area contributed by atoms with Gasteiger partial charge in [-0.2, -0.15) is 0 Å². The lowest BCUT2D eigenvalue weighted by molar-refractivity contribution is -0.123. The molecule has 2 aliphatic rings. The van der Waals surface area contributed by atoms with E-state index in [1.807, 2.05) is 0 Å². The summed E-state index contributed by atoms with van der Waals surface area (Å²) in [4.78, 5) is 20.9. The number of likely N-dealkylation sites (tertiary alicyclic amines) is 2. The Balaban J connectivity index is 1.76. The first-order chi connectivity index (χ1) is 11.6. The van der Waals surface area contributed by atoms with E-state index in [1.165, 1.54) is 12.8 Å². The average Bonchev–Trinajstić information content (AvgIpc) is 2.58. The lowest BCUT2D eigenvalue weighted by atomic mass is 9.97. The van der Waals surface area contributed by atoms with Crippen LogP contribution in [-0.2, 0) is 4.79 Å². The average molecular weight is 338 g/mol. The monoisotopic (exact) mass is 337 g/mol. The van der Waals surface area contributed by atoms with Gasteiger partial charge in [-0.1, -0.05) is 6.92 Å². The van der Waals surface area contributed by atoms with E-state index in [4.69, 9.17) is 10.7 Å². The van der Waals surface area contributed by atoms with Gasteiger partial charge < -0.3 is 20.9 Å². The van der Waals surface area contributed by atoms with Gasteiger partial charge in [-0.15, -0.1) is 0 Å². The van der Waals surface area contributed by atoms with E-state index in [2.05, 4.69) is 29.0 Å². The van der Waals surface area contributed by atoms with Gasteiger partial charge in [-0.05, 0) is 58.0 Å². The van der Waals surface area contributed by atoms with Crippen LogP contribution in [0.2, 0.25) is 0 Å². The van der Waals surface area contributed by atoms with Crippen LogP contribution in [0, 0.1) is 11.8 Å². The number of amides is 1. The summed E-state index contributed by atoms with van der Waals surface area (Å²) >= 11 is 0. The summed E-state index contributed by atoms with van der Waals surface area (Å²) in [6.45, 7) is 11.3. The molecule has 2 atom stereocenters. The first-order valence-corrected chi connectivity index (χ1v) is 9.65. The number of aliphatic imine (C=N–C) groups is 1. The zero-order valence-corrected chi connectivity index (χ0v) is 15.5. The second-order valence-electron chi connectivity index (χ2n) is 7.32. The number of nitrogens with zero attached hydrogens (tertiary/aromatic N) is 3. The number of nitrogens with one attached hydrogen (secondary N) is 1. The van der Waals surface area contributed by atoms with E-state index in [0.717, 1.165) is 77.0 Å². The molecule has 6 heteroatoms. The van der Waals surface area contributed by atoms with Gasteiger partial charge in [0.25, 0.3) is 0 Å². The number of piperidine rings is 2. The minimum atomic E-state index is -0.147. The Labute approximate surface area is 146 Å². The molecule has 2 rings (SSSR count). The minimum absolute atomic E-state index is 0.0365. The summed E-state index contributed by atoms with van der Waals surface area (Å²) in [5.41, 5.74) is 5.45. The van der Waals surface area contributed by atoms with Crippen molar-refractivity contribution < 1.29 is 4.79 Å². The molecule has 6 nitrogen and oxygen atoms in total. The summed E-state index contributed by atoms with van der Waals surface area (Å²) in [6, 6.07) is 0. The molecular weight excluding hydrogens is 302 g/mol. The Morgan fingerprint density at radius 2 is 2.04 bits per heavy atom. The maximum atomic E-state index is 11.4. The van der Waals surface area contributed by atoms with Crippen molar-refractivity contribution >= 4 is 11.9 Å². The number of hydrogen-bond acceptors (Lipinski definition) is 3. The molecule has 0 bridgehead atoms. The van der Waals surface area contributed by atoms with Crippen LogP contribution in [0.5, 0.6) is 0 Å². The molecule has 24 heavy (non-hydrogen) atoms. The number of nitrogens with two attached hydrogens (primary N) is 1. The topological polar surface area (TPSA) is 74.0 Å². The first kappa shape index (κ1) is 19.0. The molecule has 1 amide bonds. The zero-order valence-electron chi connectivity index (χ0n) is 15.5. The van der Waals surface area contributed by atoms with Crippen molar-refractivity contribution in [3.05, 3.63) is 0 Å². The van der Waals surface area contributed by atoms with Crippen LogP contribution in [-0.4, -0.2) is 67.5 Å². The van der Waals surface area contributed by atoms with Gasteiger partial charge in [0.05, 0.1) is 5.92 Å². The van der Waals surface area contributed by atoms with Gasteiger partial charge in [-0.25, -0.2) is 0 Å². The number of carbonyl (C=O) groups is 1. The Kier molecular flexibility index (Phi) is 7.82. The summed E-state index contributed by atoms with van der Waals surface area (Å²) in [5.74, 6) is 1.71. The molecule has 2 heterocycles. The van der Waals surface area contributed by atoms with Crippen molar-refractivity contribution in [2.24, 2.45) is 22.6 Å². The lowest BCUT2D eigenvalue weighted by Crippen LogP contribution is -2.46. The van der Waals surface area contributed by atoms with Crippen LogP contribution < -0.4 is 11.1 Å². The maximum absolute atomic E-state index is 11.4. The second kappa shape index (κ2) is 9.87. The molecule has 0 radical (unpaired) electrons. The Bertz CT molecular complexity index is 426. The molecule has 0 aliphatic carbocycles. The fraction of sp³-hybridized carbons (Fsp3) is 0.889. The predicted octanol–water partition coefficient (Wildman–Crippen LogP) is 1.27. The van der Waals surface area contributed by atoms with Crippen molar-refractivity contribution in [2.45, 2.75) is 46.0 Å². The zero-order chi connectivity index (χ0) is 17.4. The molecule has 138 valence electrons. The van der Waals surface area contributed by atoms with E-state index in [1.54, 1.807) is 0 Å². The summed E-state index contributed by atoms with van der Waals surface area (Å²) < 4.78 is 0. The standard InChI is InChI=1S/C18H35N5O/c1-3-20-18(23-12-4-7-15(2)13-23)21-9-6-11-22-10-5-8-16(14-22)17(19)24/h15-16H,3-14H2,1-2H3,(H2,19,24)(H,20,21). The summed E-state index contributed by atoms with van der Waals surface area (Å²) in [7, 11) is 0. The summed E-state index contributed by atoms with van der Waals surface area (Å²) in [6.07, 6.45) is 5.64. The molecule has 0 aromatic carbocycles. The predicted molar refractivity (Wildman–Crippen MR) is 98.9 cm³/mol. The van der Waals surface area contributed by atoms with Crippen molar-refractivity contribution in [2.75, 3.05) is 45.8 Å². The van der Waals surface area contributed by atoms with Crippen LogP contribution in [0.3, 0.4) is 0 Å². The molecule has 0 saturated carbocycles. The van der Waals surface area contributed by atoms with E-state index in [9.17, 15) is 4.79 Å². The quantitative estimate of drug-likeness (QED) is 0.435. The highest BCUT2D eigenvalue weighted by Gasteiger charge is 2.23. The third-order valence-corrected chi connectivity index (χ3v) is 5.09. The number of guanidine groups is 1. The Hall–Kier alpha value is -1.30. The minimum Gasteiger partial charge on any atom is -0.369 e. The van der Waals surface area contributed by atoms with E-state index in [0.29, 0.717) is 0 Å². The van der Waals surface area contributed by atoms with Gasteiger partial charge in [-0.3, -0.25) is 9.79 Å². The Morgan fingerprint density at radius 3 is 2.75 bits per heavy atom. The largest absolute Gasteiger partial charge is 0.369 e. The molecule has 3 N–H and O–H groups in total. The second-order valence-corrected chi connectivity index (χ2v) is 7.32. The van der Waals surface area contributed by atoms with Crippen LogP contribution in [0.25, 0.3) is 0 Å². The van der Waals surface area contributed by atoms with Crippen molar-refractivity contribution in [1.82, 2.24) is 15.1 Å². The highest BCUT2D eigenvalue weighted by atomic mass is 16.1. The third-order valence-electron chi connectivity index (χ3n) is 5.09. The first-order valence-electron chi connectivity index (χ1n) is 9.65. The van der Waals surface area contributed by atoms with Crippen molar-refractivity contribution in [1.29, 1.82) is 0 Å². The Morgan fingerprint density at radius 1 is 1.25 bits per heavy atom. The molecule has 0 aromatic heterocycles. The fourth-order valence-corrected chi connectivity index (χ4v) is 3.78. The summed E-state index contributed by atoms with van der Waals surface area (Å²) in [5, 5.41) is 3.43. The fourth-order valence-electron chi connectivity index (χ4n) is 3.78. The van der Waals surface area contributed by atoms with Crippen LogP contribution >= 0.6 is 0 Å². The number of hydrogen-bond donors (Lipinski definition) is 2. The van der Waals surface area contributed by atoms with Crippen LogP contribution in [0.4, 0.5) is 0 Å². The number of primary amides is 1. The molecular formula is C18H35N5O. The molecule has 2 fully saturated rings. The number of carbonyl (C=O) groups excluding carboxylic acids is 1. The van der Waals surface area contributed by atoms with Gasteiger partial charge in [0.2, 0.25) is 5.91 Å². The molecule has 0 aromatic rings. The highest BCUT2D eigenvalue weighted by molar-refractivity contribution is 5.80. The highest BCUT2D eigenvalue weighted by Crippen LogP contribution is 2.17.